The smallest absolute Gasteiger partial charge is 0.309 e. The van der Waals surface area contributed by atoms with Crippen LogP contribution in [0.4, 0.5) is 0 Å². The molecule has 4 heteroatoms. The standard InChI is InChI=1S/C21H30O4/c1-13-12-14-15-6-7-17(19(24)25-4)20(15,2)10-8-16(14)21(3,18(13)23)9-5-11-22/h11,14-17H,1,5-10,12H2,2-4H3. The van der Waals surface area contributed by atoms with Gasteiger partial charge in [0.15, 0.2) is 5.78 Å². The third kappa shape index (κ3) is 2.60. The Hall–Kier alpha value is -1.45. The van der Waals surface area contributed by atoms with Crippen molar-refractivity contribution < 1.29 is 19.1 Å². The number of hydrogen-bond donors (Lipinski definition) is 0. The molecule has 0 aromatic carbocycles. The van der Waals surface area contributed by atoms with Gasteiger partial charge in [0.05, 0.1) is 13.0 Å². The number of allylic oxidation sites excluding steroid dienone is 1. The van der Waals surface area contributed by atoms with Crippen molar-refractivity contribution in [3.05, 3.63) is 12.2 Å². The summed E-state index contributed by atoms with van der Waals surface area (Å²) in [5.41, 5.74) is 0.187. The van der Waals surface area contributed by atoms with E-state index in [4.69, 9.17) is 4.74 Å². The van der Waals surface area contributed by atoms with Crippen molar-refractivity contribution in [3.8, 4) is 0 Å². The minimum absolute atomic E-state index is 0.0319. The lowest BCUT2D eigenvalue weighted by Gasteiger charge is -2.55. The zero-order valence-electron chi connectivity index (χ0n) is 15.7. The molecule has 0 aromatic heterocycles. The number of esters is 1. The van der Waals surface area contributed by atoms with Crippen LogP contribution in [0, 0.1) is 34.5 Å². The number of carbonyl (C=O) groups excluding carboxylic acids is 3. The number of methoxy groups -OCH3 is 1. The molecule has 3 aliphatic rings. The Morgan fingerprint density at radius 1 is 1.28 bits per heavy atom. The van der Waals surface area contributed by atoms with Gasteiger partial charge in [-0.15, -0.1) is 0 Å². The average Bonchev–Trinajstić information content (AvgIpc) is 2.95. The Morgan fingerprint density at radius 3 is 2.64 bits per heavy atom. The van der Waals surface area contributed by atoms with Gasteiger partial charge in [0.1, 0.15) is 6.29 Å². The monoisotopic (exact) mass is 346 g/mol. The Bertz CT molecular complexity index is 609. The fourth-order valence-electron chi connectivity index (χ4n) is 6.50. The van der Waals surface area contributed by atoms with E-state index in [0.29, 0.717) is 36.2 Å². The van der Waals surface area contributed by atoms with Crippen molar-refractivity contribution in [2.24, 2.45) is 34.5 Å². The van der Waals surface area contributed by atoms with E-state index in [9.17, 15) is 14.4 Å². The van der Waals surface area contributed by atoms with Crippen LogP contribution in [0.2, 0.25) is 0 Å². The second-order valence-corrected chi connectivity index (χ2v) is 8.83. The molecule has 0 bridgehead atoms. The Labute approximate surface area is 150 Å². The van der Waals surface area contributed by atoms with Gasteiger partial charge in [0, 0.05) is 11.8 Å². The van der Waals surface area contributed by atoms with Crippen LogP contribution in [0.3, 0.4) is 0 Å². The molecule has 0 aliphatic heterocycles. The Morgan fingerprint density at radius 2 is 2.00 bits per heavy atom. The van der Waals surface area contributed by atoms with E-state index in [2.05, 4.69) is 13.5 Å². The number of carbonyl (C=O) groups is 3. The number of rotatable bonds is 4. The minimum atomic E-state index is -0.481. The van der Waals surface area contributed by atoms with Crippen LogP contribution < -0.4 is 0 Å². The van der Waals surface area contributed by atoms with Crippen LogP contribution in [0.15, 0.2) is 12.2 Å². The first kappa shape index (κ1) is 18.3. The first-order chi connectivity index (χ1) is 11.8. The summed E-state index contributed by atoms with van der Waals surface area (Å²) in [6.45, 7) is 8.35. The number of ether oxygens (including phenoxy) is 1. The molecule has 3 fully saturated rings. The lowest BCUT2D eigenvalue weighted by Crippen LogP contribution is -2.53. The van der Waals surface area contributed by atoms with Crippen molar-refractivity contribution in [2.75, 3.05) is 7.11 Å². The van der Waals surface area contributed by atoms with Crippen molar-refractivity contribution in [1.82, 2.24) is 0 Å². The third-order valence-electron chi connectivity index (χ3n) is 7.84. The van der Waals surface area contributed by atoms with E-state index in [1.54, 1.807) is 0 Å². The highest BCUT2D eigenvalue weighted by Gasteiger charge is 2.61. The lowest BCUT2D eigenvalue weighted by atomic mass is 9.48. The SMILES string of the molecule is C=C1CC2C(CCC3(C)C(C(=O)OC)CCC23)C(C)(CCC=O)C1=O. The summed E-state index contributed by atoms with van der Waals surface area (Å²) in [5, 5.41) is 0. The van der Waals surface area contributed by atoms with E-state index in [1.807, 2.05) is 6.92 Å². The largest absolute Gasteiger partial charge is 0.469 e. The predicted octanol–water partition coefficient (Wildman–Crippen LogP) is 3.73. The van der Waals surface area contributed by atoms with Gasteiger partial charge >= 0.3 is 5.97 Å². The zero-order valence-corrected chi connectivity index (χ0v) is 15.7. The van der Waals surface area contributed by atoms with E-state index in [1.165, 1.54) is 7.11 Å². The topological polar surface area (TPSA) is 60.4 Å². The molecule has 138 valence electrons. The molecular weight excluding hydrogens is 316 g/mol. The van der Waals surface area contributed by atoms with Crippen molar-refractivity contribution in [1.29, 1.82) is 0 Å². The summed E-state index contributed by atoms with van der Waals surface area (Å²) >= 11 is 0. The summed E-state index contributed by atoms with van der Waals surface area (Å²) in [4.78, 5) is 36.1. The van der Waals surface area contributed by atoms with Gasteiger partial charge in [-0.25, -0.2) is 0 Å². The van der Waals surface area contributed by atoms with Gasteiger partial charge in [0.25, 0.3) is 0 Å². The number of Topliss-reactive ketones (excluding diaryl/α,β-unsaturated/α-hetero) is 1. The van der Waals surface area contributed by atoms with Gasteiger partial charge in [-0.1, -0.05) is 20.4 Å². The van der Waals surface area contributed by atoms with E-state index >= 15 is 0 Å². The summed E-state index contributed by atoms with van der Waals surface area (Å²) in [6, 6.07) is 0. The maximum atomic E-state index is 12.9. The summed E-state index contributed by atoms with van der Waals surface area (Å²) in [5.74, 6) is 1.14. The summed E-state index contributed by atoms with van der Waals surface area (Å²) < 4.78 is 5.07. The fourth-order valence-corrected chi connectivity index (χ4v) is 6.50. The molecule has 4 nitrogen and oxygen atoms in total. The van der Waals surface area contributed by atoms with Crippen molar-refractivity contribution >= 4 is 18.0 Å². The normalized spacial score (nSPS) is 43.3. The maximum Gasteiger partial charge on any atom is 0.309 e. The van der Waals surface area contributed by atoms with Gasteiger partial charge in [-0.2, -0.15) is 0 Å². The average molecular weight is 346 g/mol. The second-order valence-electron chi connectivity index (χ2n) is 8.83. The first-order valence-corrected chi connectivity index (χ1v) is 9.53. The van der Waals surface area contributed by atoms with Gasteiger partial charge in [-0.3, -0.25) is 9.59 Å². The lowest BCUT2D eigenvalue weighted by molar-refractivity contribution is -0.155. The number of aldehydes is 1. The van der Waals surface area contributed by atoms with Crippen molar-refractivity contribution in [2.45, 2.75) is 58.8 Å². The summed E-state index contributed by atoms with van der Waals surface area (Å²) in [6.07, 6.45) is 6.49. The molecular formula is C21H30O4. The highest BCUT2D eigenvalue weighted by atomic mass is 16.5. The fraction of sp³-hybridized carbons (Fsp3) is 0.762. The quantitative estimate of drug-likeness (QED) is 0.442. The second kappa shape index (κ2) is 6.37. The van der Waals surface area contributed by atoms with Crippen LogP contribution in [0.5, 0.6) is 0 Å². The molecule has 0 radical (unpaired) electrons. The first-order valence-electron chi connectivity index (χ1n) is 9.53. The van der Waals surface area contributed by atoms with Crippen LogP contribution in [0.1, 0.15) is 58.8 Å². The van der Waals surface area contributed by atoms with Crippen LogP contribution in [-0.2, 0) is 19.1 Å². The molecule has 0 N–H and O–H groups in total. The van der Waals surface area contributed by atoms with E-state index in [0.717, 1.165) is 38.4 Å². The van der Waals surface area contributed by atoms with E-state index < -0.39 is 5.41 Å². The maximum absolute atomic E-state index is 12.9. The van der Waals surface area contributed by atoms with Gasteiger partial charge in [0.2, 0.25) is 0 Å². The molecule has 3 rings (SSSR count). The van der Waals surface area contributed by atoms with Crippen LogP contribution in [-0.4, -0.2) is 25.1 Å². The molecule has 0 amide bonds. The zero-order chi connectivity index (χ0) is 18.4. The Balaban J connectivity index is 1.93. The molecule has 0 saturated heterocycles. The predicted molar refractivity (Wildman–Crippen MR) is 94.7 cm³/mol. The van der Waals surface area contributed by atoms with Crippen LogP contribution >= 0.6 is 0 Å². The number of fused-ring (bicyclic) bond motifs is 3. The molecule has 3 aliphatic carbocycles. The molecule has 6 atom stereocenters. The highest BCUT2D eigenvalue weighted by molar-refractivity contribution is 6.00. The van der Waals surface area contributed by atoms with Gasteiger partial charge < -0.3 is 9.53 Å². The summed E-state index contributed by atoms with van der Waals surface area (Å²) in [7, 11) is 1.47. The number of hydrogen-bond acceptors (Lipinski definition) is 4. The minimum Gasteiger partial charge on any atom is -0.469 e. The van der Waals surface area contributed by atoms with Crippen LogP contribution in [0.25, 0.3) is 0 Å². The molecule has 3 saturated carbocycles. The third-order valence-corrected chi connectivity index (χ3v) is 7.84. The van der Waals surface area contributed by atoms with Crippen molar-refractivity contribution in [3.63, 3.8) is 0 Å². The molecule has 0 spiro atoms. The molecule has 25 heavy (non-hydrogen) atoms. The van der Waals surface area contributed by atoms with Gasteiger partial charge in [-0.05, 0) is 67.3 Å². The molecule has 0 heterocycles. The van der Waals surface area contributed by atoms with E-state index in [-0.39, 0.29) is 23.1 Å². The molecule has 6 unspecified atom stereocenters. The number of ketones is 1. The Kier molecular flexibility index (Phi) is 4.67. The highest BCUT2D eigenvalue weighted by Crippen LogP contribution is 2.65. The molecule has 0 aromatic rings.